The first-order valence-corrected chi connectivity index (χ1v) is 38.9. The second kappa shape index (κ2) is 58.3. The Morgan fingerprint density at radius 1 is 0.375 bits per heavy atom. The van der Waals surface area contributed by atoms with Gasteiger partial charge in [-0.25, -0.2) is 0 Å². The van der Waals surface area contributed by atoms with Crippen LogP contribution in [0.2, 0.25) is 0 Å². The molecule has 17 unspecified atom stereocenters. The summed E-state index contributed by atoms with van der Waals surface area (Å²) in [6.45, 7) is 1.72. The number of aliphatic hydroxyl groups excluding tert-OH is 11. The SMILES string of the molecule is CCCCCCC/C=C\C/C=C\CCCCCCCCCCCCCCCCCCCCCCCCCCCC(=O)NC(COC1OC(CO)C(OC2OC(CO)C(OC3OC(CO)C(O)C(O)C3O)C(O)C2O)C(O)C1O)C(O)/C=C/CC/C=C/CCCCCCCCCC. The van der Waals surface area contributed by atoms with E-state index in [0.29, 0.717) is 12.8 Å². The third-order valence-electron chi connectivity index (χ3n) is 19.3. The lowest BCUT2D eigenvalue weighted by atomic mass is 9.96. The smallest absolute Gasteiger partial charge is 0.220 e. The summed E-state index contributed by atoms with van der Waals surface area (Å²) in [6, 6.07) is -0.988. The van der Waals surface area contributed by atoms with E-state index in [1.54, 1.807) is 6.08 Å². The van der Waals surface area contributed by atoms with Crippen LogP contribution in [0.1, 0.15) is 303 Å². The molecule has 3 fully saturated rings. The zero-order valence-electron chi connectivity index (χ0n) is 59.9. The molecule has 0 aromatic heterocycles. The van der Waals surface area contributed by atoms with Gasteiger partial charge in [-0.3, -0.25) is 4.79 Å². The van der Waals surface area contributed by atoms with Crippen LogP contribution >= 0.6 is 0 Å². The highest BCUT2D eigenvalue weighted by molar-refractivity contribution is 5.76. The van der Waals surface area contributed by atoms with Gasteiger partial charge < -0.3 is 89.9 Å². The molecule has 0 saturated carbocycles. The summed E-state index contributed by atoms with van der Waals surface area (Å²) in [5.41, 5.74) is 0. The van der Waals surface area contributed by atoms with Crippen LogP contribution in [-0.2, 0) is 33.2 Å². The number of carbonyl (C=O) groups is 1. The molecule has 3 rings (SSSR count). The molecule has 3 aliphatic rings. The molecule has 3 saturated heterocycles. The Balaban J connectivity index is 1.31. The van der Waals surface area contributed by atoms with Crippen molar-refractivity contribution in [3.8, 4) is 0 Å². The molecular weight excluding hydrogens is 1230 g/mol. The van der Waals surface area contributed by atoms with E-state index in [4.69, 9.17) is 28.4 Å². The number of rotatable bonds is 61. The number of hydrogen-bond acceptors (Lipinski definition) is 18. The van der Waals surface area contributed by atoms with Gasteiger partial charge in [0.05, 0.1) is 38.6 Å². The van der Waals surface area contributed by atoms with Crippen LogP contribution in [-0.4, -0.2) is 193 Å². The van der Waals surface area contributed by atoms with E-state index in [2.05, 4.69) is 55.6 Å². The summed E-state index contributed by atoms with van der Waals surface area (Å²) >= 11 is 0. The molecule has 1 amide bonds. The van der Waals surface area contributed by atoms with Crippen LogP contribution in [0.4, 0.5) is 0 Å². The fourth-order valence-electron chi connectivity index (χ4n) is 13.1. The molecule has 0 spiro atoms. The lowest BCUT2D eigenvalue weighted by Gasteiger charge is -2.48. The molecule has 0 radical (unpaired) electrons. The maximum Gasteiger partial charge on any atom is 0.220 e. The molecule has 17 atom stereocenters. The zero-order chi connectivity index (χ0) is 69.6. The molecule has 19 nitrogen and oxygen atoms in total. The van der Waals surface area contributed by atoms with E-state index >= 15 is 0 Å². The Kier molecular flexibility index (Phi) is 53.4. The number of amides is 1. The second-order valence-corrected chi connectivity index (χ2v) is 27.8. The predicted octanol–water partition coefficient (Wildman–Crippen LogP) is 12.1. The Morgan fingerprint density at radius 2 is 0.698 bits per heavy atom. The normalized spacial score (nSPS) is 27.3. The van der Waals surface area contributed by atoms with Crippen molar-refractivity contribution in [1.29, 1.82) is 0 Å². The van der Waals surface area contributed by atoms with E-state index in [0.717, 1.165) is 44.9 Å². The minimum atomic E-state index is -1.98. The van der Waals surface area contributed by atoms with Gasteiger partial charge in [0.25, 0.3) is 0 Å². The van der Waals surface area contributed by atoms with Crippen molar-refractivity contribution in [2.24, 2.45) is 0 Å². The van der Waals surface area contributed by atoms with Crippen molar-refractivity contribution < 1.29 is 89.4 Å². The second-order valence-electron chi connectivity index (χ2n) is 27.8. The Hall–Kier alpha value is -2.25. The Labute approximate surface area is 580 Å². The van der Waals surface area contributed by atoms with Crippen LogP contribution in [0.25, 0.3) is 0 Å². The molecule has 96 heavy (non-hydrogen) atoms. The van der Waals surface area contributed by atoms with Gasteiger partial charge in [0, 0.05) is 6.42 Å². The average Bonchev–Trinajstić information content (AvgIpc) is 0.787. The zero-order valence-corrected chi connectivity index (χ0v) is 59.9. The standard InChI is InChI=1S/C77H141NO18/c1-3-5-7-9-11-13-15-17-19-20-21-22-23-24-25-26-27-28-29-30-31-32-33-34-35-36-37-38-39-40-41-43-45-47-49-51-53-55-65(83)78-60(61(82)54-52-50-48-46-44-42-18-16-14-12-10-8-6-4-2)59-91-75-71(89)68(86)73(63(57-80)93-75)96-77-72(90)69(87)74(64(58-81)94-77)95-76-70(88)67(85)66(84)62(56-79)92-76/h15,17,20-21,44,46,52,54,60-64,66-77,79-82,84-90H,3-14,16,18-19,22-43,45,47-51,53,55-59H2,1-2H3,(H,78,83)/b17-15-,21-20-,46-44+,54-52+. The van der Waals surface area contributed by atoms with E-state index in [9.17, 15) is 61.0 Å². The number of allylic oxidation sites excluding steroid dienone is 7. The largest absolute Gasteiger partial charge is 0.394 e. The van der Waals surface area contributed by atoms with E-state index in [1.165, 1.54) is 225 Å². The molecule has 0 bridgehead atoms. The van der Waals surface area contributed by atoms with E-state index in [-0.39, 0.29) is 18.9 Å². The Morgan fingerprint density at radius 3 is 1.10 bits per heavy atom. The van der Waals surface area contributed by atoms with Crippen molar-refractivity contribution >= 4 is 5.91 Å². The maximum absolute atomic E-state index is 13.4. The molecular formula is C77H141NO18. The van der Waals surface area contributed by atoms with Crippen LogP contribution in [0, 0.1) is 0 Å². The first-order valence-electron chi connectivity index (χ1n) is 38.9. The quantitative estimate of drug-likeness (QED) is 0.0199. The van der Waals surface area contributed by atoms with Crippen molar-refractivity contribution in [1.82, 2.24) is 5.32 Å². The number of nitrogens with one attached hydrogen (secondary N) is 1. The van der Waals surface area contributed by atoms with E-state index in [1.807, 2.05) is 6.08 Å². The molecule has 0 aliphatic carbocycles. The number of unbranched alkanes of at least 4 members (excludes halogenated alkanes) is 39. The summed E-state index contributed by atoms with van der Waals surface area (Å²) in [4.78, 5) is 13.4. The predicted molar refractivity (Wildman–Crippen MR) is 379 cm³/mol. The molecule has 3 heterocycles. The summed E-state index contributed by atoms with van der Waals surface area (Å²) < 4.78 is 34.3. The van der Waals surface area contributed by atoms with Crippen LogP contribution < -0.4 is 5.32 Å². The Bertz CT molecular complexity index is 1930. The van der Waals surface area contributed by atoms with Gasteiger partial charge in [-0.05, 0) is 64.2 Å². The van der Waals surface area contributed by atoms with Gasteiger partial charge in [-0.1, -0.05) is 281 Å². The van der Waals surface area contributed by atoms with Crippen molar-refractivity contribution in [3.63, 3.8) is 0 Å². The molecule has 0 aromatic carbocycles. The summed E-state index contributed by atoms with van der Waals surface area (Å²) in [7, 11) is 0. The van der Waals surface area contributed by atoms with Gasteiger partial charge >= 0.3 is 0 Å². The highest BCUT2D eigenvalue weighted by atomic mass is 16.8. The highest BCUT2D eigenvalue weighted by Gasteiger charge is 2.53. The van der Waals surface area contributed by atoms with Crippen LogP contribution in [0.15, 0.2) is 48.6 Å². The van der Waals surface area contributed by atoms with Crippen molar-refractivity contribution in [2.45, 2.75) is 407 Å². The third-order valence-corrected chi connectivity index (χ3v) is 19.3. The fourth-order valence-corrected chi connectivity index (χ4v) is 13.1. The first kappa shape index (κ1) is 88.0. The minimum Gasteiger partial charge on any atom is -0.394 e. The summed E-state index contributed by atoms with van der Waals surface area (Å²) in [5, 5.41) is 121. The average molecular weight is 1370 g/mol. The minimum absolute atomic E-state index is 0.239. The molecule has 3 aliphatic heterocycles. The van der Waals surface area contributed by atoms with Crippen LogP contribution in [0.3, 0.4) is 0 Å². The topological polar surface area (TPSA) is 307 Å². The number of ether oxygens (including phenoxy) is 6. The highest BCUT2D eigenvalue weighted by Crippen LogP contribution is 2.33. The number of aliphatic hydroxyl groups is 11. The lowest BCUT2D eigenvalue weighted by molar-refractivity contribution is -0.379. The first-order chi connectivity index (χ1) is 46.8. The molecule has 12 N–H and O–H groups in total. The van der Waals surface area contributed by atoms with Gasteiger partial charge in [-0.2, -0.15) is 0 Å². The fraction of sp³-hybridized carbons (Fsp3) is 0.883. The van der Waals surface area contributed by atoms with Crippen LogP contribution in [0.5, 0.6) is 0 Å². The maximum atomic E-state index is 13.4. The number of hydrogen-bond donors (Lipinski definition) is 12. The number of carbonyl (C=O) groups excluding carboxylic acids is 1. The van der Waals surface area contributed by atoms with Gasteiger partial charge in [0.15, 0.2) is 18.9 Å². The van der Waals surface area contributed by atoms with Gasteiger partial charge in [0.1, 0.15) is 73.2 Å². The van der Waals surface area contributed by atoms with E-state index < -0.39 is 124 Å². The van der Waals surface area contributed by atoms with Crippen molar-refractivity contribution in [3.05, 3.63) is 48.6 Å². The summed E-state index contributed by atoms with van der Waals surface area (Å²) in [6.07, 6.45) is 45.6. The molecule has 19 heteroatoms. The summed E-state index contributed by atoms with van der Waals surface area (Å²) in [5.74, 6) is -0.281. The third kappa shape index (κ3) is 38.7. The lowest BCUT2D eigenvalue weighted by Crippen LogP contribution is -2.66. The van der Waals surface area contributed by atoms with Crippen molar-refractivity contribution in [2.75, 3.05) is 26.4 Å². The monoisotopic (exact) mass is 1370 g/mol. The van der Waals surface area contributed by atoms with Gasteiger partial charge in [0.2, 0.25) is 5.91 Å². The molecule has 0 aromatic rings. The molecule has 562 valence electrons. The van der Waals surface area contributed by atoms with Gasteiger partial charge in [-0.15, -0.1) is 0 Å².